The van der Waals surface area contributed by atoms with E-state index >= 15 is 0 Å². The van der Waals surface area contributed by atoms with Gasteiger partial charge in [-0.3, -0.25) is 0 Å². The summed E-state index contributed by atoms with van der Waals surface area (Å²) in [6, 6.07) is 20.7. The molecule has 0 spiro atoms. The Kier molecular flexibility index (Phi) is 6.10. The third-order valence-corrected chi connectivity index (χ3v) is 4.93. The number of hydrogen-bond donors (Lipinski definition) is 0. The molecule has 27 heavy (non-hydrogen) atoms. The normalized spacial score (nSPS) is 10.4. The van der Waals surface area contributed by atoms with Crippen LogP contribution in [0.15, 0.2) is 59.8 Å². The quantitative estimate of drug-likeness (QED) is 0.445. The molecule has 0 aliphatic heterocycles. The highest BCUT2D eigenvalue weighted by atomic mass is 32.2. The minimum atomic E-state index is 0.523. The smallest absolute Gasteiger partial charge is 0.189 e. The van der Waals surface area contributed by atoms with Crippen molar-refractivity contribution in [1.29, 1.82) is 5.26 Å². The first kappa shape index (κ1) is 18.9. The van der Waals surface area contributed by atoms with Crippen molar-refractivity contribution in [2.24, 2.45) is 0 Å². The van der Waals surface area contributed by atoms with Gasteiger partial charge in [0.25, 0.3) is 0 Å². The first-order valence-corrected chi connectivity index (χ1v) is 10.1. The average molecular weight is 375 g/mol. The van der Waals surface area contributed by atoms with Crippen LogP contribution in [-0.2, 0) is 6.54 Å². The summed E-state index contributed by atoms with van der Waals surface area (Å²) in [4.78, 5) is 11.5. The van der Waals surface area contributed by atoms with E-state index in [-0.39, 0.29) is 0 Å². The fourth-order valence-corrected chi connectivity index (χ4v) is 3.27. The highest BCUT2D eigenvalue weighted by molar-refractivity contribution is 7.98. The van der Waals surface area contributed by atoms with Crippen LogP contribution in [0.4, 0.5) is 5.82 Å². The van der Waals surface area contributed by atoms with Crippen molar-refractivity contribution in [2.45, 2.75) is 25.5 Å². The van der Waals surface area contributed by atoms with Crippen LogP contribution >= 0.6 is 11.8 Å². The Labute approximate surface area is 164 Å². The van der Waals surface area contributed by atoms with E-state index in [1.54, 1.807) is 0 Å². The zero-order valence-electron chi connectivity index (χ0n) is 15.8. The number of rotatable bonds is 6. The molecule has 0 fully saturated rings. The number of thioether (sulfide) groups is 1. The van der Waals surface area contributed by atoms with Gasteiger partial charge in [0.1, 0.15) is 11.6 Å². The van der Waals surface area contributed by atoms with Crippen molar-refractivity contribution in [3.05, 3.63) is 71.3 Å². The van der Waals surface area contributed by atoms with Gasteiger partial charge in [-0.15, -0.1) is 0 Å². The SMILES string of the molecule is CCN(Cc1ccccc1)c1nc(SC)nc(-c2ccc(C)cc2)c1C#N. The van der Waals surface area contributed by atoms with E-state index in [1.807, 2.05) is 55.6 Å². The Morgan fingerprint density at radius 2 is 1.74 bits per heavy atom. The summed E-state index contributed by atoms with van der Waals surface area (Å²) >= 11 is 1.49. The third-order valence-electron chi connectivity index (χ3n) is 4.39. The first-order valence-electron chi connectivity index (χ1n) is 8.88. The summed E-state index contributed by atoms with van der Waals surface area (Å²) in [5.74, 6) is 0.693. The molecule has 0 aliphatic carbocycles. The molecule has 0 unspecified atom stereocenters. The molecular formula is C22H22N4S. The topological polar surface area (TPSA) is 52.8 Å². The van der Waals surface area contributed by atoms with Crippen molar-refractivity contribution in [1.82, 2.24) is 9.97 Å². The van der Waals surface area contributed by atoms with E-state index in [4.69, 9.17) is 0 Å². The third kappa shape index (κ3) is 4.29. The van der Waals surface area contributed by atoms with Gasteiger partial charge in [-0.05, 0) is 25.7 Å². The predicted octanol–water partition coefficient (Wildman–Crippen LogP) is 5.07. The van der Waals surface area contributed by atoms with Crippen molar-refractivity contribution in [2.75, 3.05) is 17.7 Å². The van der Waals surface area contributed by atoms with E-state index in [0.717, 1.165) is 12.1 Å². The van der Waals surface area contributed by atoms with Crippen molar-refractivity contribution in [3.8, 4) is 17.3 Å². The summed E-state index contributed by atoms with van der Waals surface area (Å²) in [6.07, 6.45) is 1.96. The molecule has 3 rings (SSSR count). The second kappa shape index (κ2) is 8.70. The van der Waals surface area contributed by atoms with Crippen LogP contribution in [0.3, 0.4) is 0 Å². The van der Waals surface area contributed by atoms with Gasteiger partial charge in [-0.1, -0.05) is 71.9 Å². The maximum atomic E-state index is 9.93. The molecule has 136 valence electrons. The van der Waals surface area contributed by atoms with Gasteiger partial charge in [-0.25, -0.2) is 9.97 Å². The molecule has 0 amide bonds. The lowest BCUT2D eigenvalue weighted by atomic mass is 10.0. The van der Waals surface area contributed by atoms with Gasteiger partial charge < -0.3 is 4.90 Å². The second-order valence-corrected chi connectivity index (χ2v) is 7.01. The van der Waals surface area contributed by atoms with E-state index in [0.29, 0.717) is 28.8 Å². The zero-order chi connectivity index (χ0) is 19.2. The second-order valence-electron chi connectivity index (χ2n) is 6.24. The van der Waals surface area contributed by atoms with Crippen molar-refractivity contribution in [3.63, 3.8) is 0 Å². The highest BCUT2D eigenvalue weighted by Gasteiger charge is 2.20. The average Bonchev–Trinajstić information content (AvgIpc) is 2.72. The lowest BCUT2D eigenvalue weighted by Crippen LogP contribution is -2.25. The molecule has 1 aromatic heterocycles. The fraction of sp³-hybridized carbons (Fsp3) is 0.227. The van der Waals surface area contributed by atoms with Gasteiger partial charge in [-0.2, -0.15) is 5.26 Å². The molecule has 0 aliphatic rings. The van der Waals surface area contributed by atoms with E-state index in [2.05, 4.69) is 40.0 Å². The minimum Gasteiger partial charge on any atom is -0.351 e. The first-order chi connectivity index (χ1) is 13.2. The summed E-state index contributed by atoms with van der Waals surface area (Å²) in [6.45, 7) is 5.58. The lowest BCUT2D eigenvalue weighted by molar-refractivity contribution is 0.791. The number of anilines is 1. The molecule has 0 N–H and O–H groups in total. The Morgan fingerprint density at radius 1 is 1.04 bits per heavy atom. The number of aromatic nitrogens is 2. The van der Waals surface area contributed by atoms with Gasteiger partial charge in [0, 0.05) is 18.7 Å². The Morgan fingerprint density at radius 3 is 2.33 bits per heavy atom. The maximum absolute atomic E-state index is 9.93. The fourth-order valence-electron chi connectivity index (χ4n) is 2.91. The molecule has 0 bridgehead atoms. The summed E-state index contributed by atoms with van der Waals surface area (Å²) in [5.41, 5.74) is 4.51. The number of hydrogen-bond acceptors (Lipinski definition) is 5. The maximum Gasteiger partial charge on any atom is 0.189 e. The van der Waals surface area contributed by atoms with Crippen molar-refractivity contribution < 1.29 is 0 Å². The lowest BCUT2D eigenvalue weighted by Gasteiger charge is -2.24. The van der Waals surface area contributed by atoms with Gasteiger partial charge in [0.15, 0.2) is 11.0 Å². The molecule has 2 aromatic carbocycles. The molecule has 0 saturated carbocycles. The van der Waals surface area contributed by atoms with Crippen LogP contribution in [0.5, 0.6) is 0 Å². The van der Waals surface area contributed by atoms with E-state index < -0.39 is 0 Å². The summed E-state index contributed by atoms with van der Waals surface area (Å²) in [5, 5.41) is 10.6. The molecule has 1 heterocycles. The van der Waals surface area contributed by atoms with Gasteiger partial charge in [0.2, 0.25) is 0 Å². The highest BCUT2D eigenvalue weighted by Crippen LogP contribution is 2.31. The van der Waals surface area contributed by atoms with Crippen LogP contribution in [0.1, 0.15) is 23.6 Å². The van der Waals surface area contributed by atoms with Gasteiger partial charge >= 0.3 is 0 Å². The van der Waals surface area contributed by atoms with Crippen LogP contribution < -0.4 is 4.90 Å². The predicted molar refractivity (Wildman–Crippen MR) is 112 cm³/mol. The minimum absolute atomic E-state index is 0.523. The number of nitriles is 1. The van der Waals surface area contributed by atoms with Crippen LogP contribution in [-0.4, -0.2) is 22.8 Å². The van der Waals surface area contributed by atoms with Gasteiger partial charge in [0.05, 0.1) is 5.69 Å². The van der Waals surface area contributed by atoms with Crippen LogP contribution in [0.2, 0.25) is 0 Å². The van der Waals surface area contributed by atoms with E-state index in [1.165, 1.54) is 22.9 Å². The Bertz CT molecular complexity index is 947. The van der Waals surface area contributed by atoms with Crippen LogP contribution in [0, 0.1) is 18.3 Å². The number of nitrogens with zero attached hydrogens (tertiary/aromatic N) is 4. The molecule has 4 nitrogen and oxygen atoms in total. The van der Waals surface area contributed by atoms with Crippen molar-refractivity contribution >= 4 is 17.6 Å². The summed E-state index contributed by atoms with van der Waals surface area (Å²) in [7, 11) is 0. The monoisotopic (exact) mass is 374 g/mol. The number of benzene rings is 2. The van der Waals surface area contributed by atoms with Crippen LogP contribution in [0.25, 0.3) is 11.3 Å². The number of aryl methyl sites for hydroxylation is 1. The summed E-state index contributed by atoms with van der Waals surface area (Å²) < 4.78 is 0. The Balaban J connectivity index is 2.12. The molecule has 0 saturated heterocycles. The molecule has 0 radical (unpaired) electrons. The van der Waals surface area contributed by atoms with E-state index in [9.17, 15) is 5.26 Å². The molecule has 0 atom stereocenters. The standard InChI is InChI=1S/C22H22N4S/c1-4-26(15-17-8-6-5-7-9-17)21-19(14-23)20(24-22(25-21)27-3)18-12-10-16(2)11-13-18/h5-13H,4,15H2,1-3H3. The Hall–Kier alpha value is -2.84. The molecule has 5 heteroatoms. The largest absolute Gasteiger partial charge is 0.351 e. The molecule has 3 aromatic rings. The molecular weight excluding hydrogens is 352 g/mol. The zero-order valence-corrected chi connectivity index (χ0v) is 16.6.